The number of hydrogen-bond acceptors (Lipinski definition) is 3. The first-order chi connectivity index (χ1) is 9.61. The first kappa shape index (κ1) is 13.3. The Morgan fingerprint density at radius 2 is 2.10 bits per heavy atom. The van der Waals surface area contributed by atoms with Crippen molar-refractivity contribution in [2.75, 3.05) is 5.32 Å². The number of oxazole rings is 1. The van der Waals surface area contributed by atoms with Crippen LogP contribution < -0.4 is 11.1 Å². The topological polar surface area (TPSA) is 58.0 Å². The van der Waals surface area contributed by atoms with E-state index in [1.54, 1.807) is 6.07 Å². The van der Waals surface area contributed by atoms with Crippen molar-refractivity contribution in [2.45, 2.75) is 6.54 Å². The van der Waals surface area contributed by atoms with E-state index >= 15 is 0 Å². The van der Waals surface area contributed by atoms with Crippen LogP contribution in [0.25, 0.3) is 11.1 Å². The molecule has 3 rings (SSSR count). The molecular weight excluding hydrogens is 344 g/mol. The molecule has 0 radical (unpaired) electrons. The van der Waals surface area contributed by atoms with Crippen molar-refractivity contribution in [1.82, 2.24) is 4.98 Å². The lowest BCUT2D eigenvalue weighted by molar-refractivity contribution is 0.555. The van der Waals surface area contributed by atoms with E-state index in [1.165, 1.54) is 0 Å². The summed E-state index contributed by atoms with van der Waals surface area (Å²) in [4.78, 5) is 13.7. The highest BCUT2D eigenvalue weighted by Crippen LogP contribution is 2.23. The Morgan fingerprint density at radius 3 is 2.95 bits per heavy atom. The summed E-state index contributed by atoms with van der Waals surface area (Å²) in [6.45, 7) is 0.620. The number of anilines is 1. The molecular formula is C14H10BrClN2O2. The minimum absolute atomic E-state index is 0.449. The van der Waals surface area contributed by atoms with Crippen molar-refractivity contribution in [3.63, 3.8) is 0 Å². The van der Waals surface area contributed by atoms with E-state index in [2.05, 4.69) is 26.2 Å². The molecule has 0 unspecified atom stereocenters. The van der Waals surface area contributed by atoms with Crippen LogP contribution in [0.2, 0.25) is 5.02 Å². The second kappa shape index (κ2) is 5.34. The van der Waals surface area contributed by atoms with Crippen LogP contribution in [0.5, 0.6) is 0 Å². The minimum Gasteiger partial charge on any atom is -0.408 e. The average molecular weight is 354 g/mol. The van der Waals surface area contributed by atoms with Gasteiger partial charge < -0.3 is 9.73 Å². The minimum atomic E-state index is -0.449. The summed E-state index contributed by atoms with van der Waals surface area (Å²) in [7, 11) is 0. The van der Waals surface area contributed by atoms with Gasteiger partial charge in [-0.3, -0.25) is 4.98 Å². The SMILES string of the molecule is O=c1[nH]c2cc(NCc3cc(Cl)ccc3Br)ccc2o1. The molecule has 0 amide bonds. The molecule has 102 valence electrons. The predicted molar refractivity (Wildman–Crippen MR) is 83.3 cm³/mol. The fourth-order valence-electron chi connectivity index (χ4n) is 1.94. The first-order valence-corrected chi connectivity index (χ1v) is 7.09. The number of benzene rings is 2. The Morgan fingerprint density at radius 1 is 1.25 bits per heavy atom. The van der Waals surface area contributed by atoms with E-state index in [9.17, 15) is 4.79 Å². The third-order valence-corrected chi connectivity index (χ3v) is 3.92. The summed E-state index contributed by atoms with van der Waals surface area (Å²) in [6.07, 6.45) is 0. The summed E-state index contributed by atoms with van der Waals surface area (Å²) in [5, 5.41) is 3.97. The van der Waals surface area contributed by atoms with E-state index in [1.807, 2.05) is 30.3 Å². The summed E-state index contributed by atoms with van der Waals surface area (Å²) in [5.41, 5.74) is 3.16. The Labute approximate surface area is 127 Å². The molecule has 0 saturated carbocycles. The molecule has 0 bridgehead atoms. The van der Waals surface area contributed by atoms with Gasteiger partial charge in [0.05, 0.1) is 5.52 Å². The monoisotopic (exact) mass is 352 g/mol. The summed E-state index contributed by atoms with van der Waals surface area (Å²) in [5.74, 6) is -0.449. The number of halogens is 2. The zero-order valence-corrected chi connectivity index (χ0v) is 12.6. The molecule has 1 aromatic heterocycles. The molecule has 1 heterocycles. The van der Waals surface area contributed by atoms with E-state index < -0.39 is 5.76 Å². The highest BCUT2D eigenvalue weighted by atomic mass is 79.9. The fraction of sp³-hybridized carbons (Fsp3) is 0.0714. The molecule has 0 saturated heterocycles. The number of hydrogen-bond donors (Lipinski definition) is 2. The van der Waals surface area contributed by atoms with E-state index in [0.29, 0.717) is 22.7 Å². The highest BCUT2D eigenvalue weighted by Gasteiger charge is 2.04. The van der Waals surface area contributed by atoms with Crippen molar-refractivity contribution in [3.8, 4) is 0 Å². The lowest BCUT2D eigenvalue weighted by Gasteiger charge is -2.08. The largest absolute Gasteiger partial charge is 0.417 e. The predicted octanol–water partition coefficient (Wildman–Crippen LogP) is 4.15. The molecule has 2 N–H and O–H groups in total. The van der Waals surface area contributed by atoms with Gasteiger partial charge in [-0.15, -0.1) is 0 Å². The van der Waals surface area contributed by atoms with Crippen LogP contribution in [0.3, 0.4) is 0 Å². The number of fused-ring (bicyclic) bond motifs is 1. The lowest BCUT2D eigenvalue weighted by Crippen LogP contribution is -2.00. The molecule has 0 atom stereocenters. The summed E-state index contributed by atoms with van der Waals surface area (Å²) in [6, 6.07) is 11.1. The van der Waals surface area contributed by atoms with Crippen molar-refractivity contribution in [1.29, 1.82) is 0 Å². The van der Waals surface area contributed by atoms with Gasteiger partial charge in [-0.05, 0) is 42.0 Å². The molecule has 6 heteroatoms. The van der Waals surface area contributed by atoms with Gasteiger partial charge in [0, 0.05) is 21.7 Å². The maximum Gasteiger partial charge on any atom is 0.417 e. The van der Waals surface area contributed by atoms with Crippen molar-refractivity contribution in [2.24, 2.45) is 0 Å². The zero-order chi connectivity index (χ0) is 14.1. The van der Waals surface area contributed by atoms with Gasteiger partial charge in [-0.1, -0.05) is 27.5 Å². The third-order valence-electron chi connectivity index (χ3n) is 2.91. The number of aromatic nitrogens is 1. The van der Waals surface area contributed by atoms with Gasteiger partial charge in [-0.2, -0.15) is 0 Å². The van der Waals surface area contributed by atoms with Gasteiger partial charge in [-0.25, -0.2) is 4.79 Å². The summed E-state index contributed by atoms with van der Waals surface area (Å²) >= 11 is 9.46. The molecule has 0 fully saturated rings. The average Bonchev–Trinajstić information content (AvgIpc) is 2.79. The number of H-pyrrole nitrogens is 1. The van der Waals surface area contributed by atoms with Crippen LogP contribution in [0, 0.1) is 0 Å². The van der Waals surface area contributed by atoms with Crippen LogP contribution >= 0.6 is 27.5 Å². The Balaban J connectivity index is 1.82. The molecule has 0 aliphatic carbocycles. The Hall–Kier alpha value is -1.72. The molecule has 0 aliphatic heterocycles. The molecule has 20 heavy (non-hydrogen) atoms. The van der Waals surface area contributed by atoms with Gasteiger partial charge in [0.25, 0.3) is 0 Å². The van der Waals surface area contributed by atoms with Crippen LogP contribution in [-0.4, -0.2) is 4.98 Å². The third kappa shape index (κ3) is 2.73. The van der Waals surface area contributed by atoms with Gasteiger partial charge in [0.2, 0.25) is 0 Å². The molecule has 4 nitrogen and oxygen atoms in total. The van der Waals surface area contributed by atoms with Crippen molar-refractivity contribution in [3.05, 3.63) is 62.0 Å². The Kier molecular flexibility index (Phi) is 3.54. The number of aromatic amines is 1. The van der Waals surface area contributed by atoms with E-state index in [0.717, 1.165) is 15.7 Å². The smallest absolute Gasteiger partial charge is 0.408 e. The van der Waals surface area contributed by atoms with Crippen molar-refractivity contribution >= 4 is 44.3 Å². The fourth-order valence-corrected chi connectivity index (χ4v) is 2.52. The standard InChI is InChI=1S/C14H10BrClN2O2/c15-11-3-1-9(16)5-8(11)7-17-10-2-4-13-12(6-10)18-14(19)20-13/h1-6,17H,7H2,(H,18,19). The van der Waals surface area contributed by atoms with E-state index in [-0.39, 0.29) is 0 Å². The summed E-state index contributed by atoms with van der Waals surface area (Å²) < 4.78 is 5.95. The number of nitrogens with one attached hydrogen (secondary N) is 2. The second-order valence-electron chi connectivity index (χ2n) is 4.31. The zero-order valence-electron chi connectivity index (χ0n) is 10.2. The number of rotatable bonds is 3. The van der Waals surface area contributed by atoms with Crippen LogP contribution in [0.1, 0.15) is 5.56 Å². The maximum absolute atomic E-state index is 11.1. The normalized spacial score (nSPS) is 10.9. The van der Waals surface area contributed by atoms with Crippen LogP contribution in [-0.2, 0) is 6.54 Å². The molecule has 0 aliphatic rings. The first-order valence-electron chi connectivity index (χ1n) is 5.92. The quantitative estimate of drug-likeness (QED) is 0.743. The molecule has 0 spiro atoms. The van der Waals surface area contributed by atoms with Gasteiger partial charge >= 0.3 is 5.76 Å². The lowest BCUT2D eigenvalue weighted by atomic mass is 10.2. The Bertz CT molecular complexity index is 825. The van der Waals surface area contributed by atoms with Gasteiger partial charge in [0.15, 0.2) is 5.58 Å². The second-order valence-corrected chi connectivity index (χ2v) is 5.61. The van der Waals surface area contributed by atoms with Crippen molar-refractivity contribution < 1.29 is 4.42 Å². The van der Waals surface area contributed by atoms with Crippen LogP contribution in [0.4, 0.5) is 5.69 Å². The van der Waals surface area contributed by atoms with Crippen LogP contribution in [0.15, 0.2) is 50.1 Å². The molecule has 3 aromatic rings. The highest BCUT2D eigenvalue weighted by molar-refractivity contribution is 9.10. The van der Waals surface area contributed by atoms with Gasteiger partial charge in [0.1, 0.15) is 0 Å². The maximum atomic E-state index is 11.1. The van der Waals surface area contributed by atoms with E-state index in [4.69, 9.17) is 16.0 Å². The molecule has 2 aromatic carbocycles.